The van der Waals surface area contributed by atoms with Crippen LogP contribution in [0.1, 0.15) is 38.2 Å². The van der Waals surface area contributed by atoms with Crippen LogP contribution in [0.4, 0.5) is 4.39 Å². The maximum atomic E-state index is 13.4. The molecule has 1 amide bonds. The minimum absolute atomic E-state index is 0.0957. The number of carbonyl (C=O) groups excluding carboxylic acids is 1. The van der Waals surface area contributed by atoms with Crippen LogP contribution in [0.25, 0.3) is 11.0 Å². The third-order valence-corrected chi connectivity index (χ3v) is 7.54. The maximum Gasteiger partial charge on any atom is 0.243 e. The lowest BCUT2D eigenvalue weighted by Gasteiger charge is -2.33. The van der Waals surface area contributed by atoms with Crippen molar-refractivity contribution < 1.29 is 17.6 Å². The van der Waals surface area contributed by atoms with E-state index in [1.165, 1.54) is 22.5 Å². The molecule has 8 nitrogen and oxygen atoms in total. The number of aryl methyl sites for hydroxylation is 1. The van der Waals surface area contributed by atoms with Crippen LogP contribution in [0.2, 0.25) is 0 Å². The molecule has 3 aromatic rings. The van der Waals surface area contributed by atoms with Crippen LogP contribution in [-0.4, -0.2) is 46.2 Å². The topological polar surface area (TPSA) is 97.2 Å². The van der Waals surface area contributed by atoms with Crippen LogP contribution in [-0.2, 0) is 27.9 Å². The highest BCUT2D eigenvalue weighted by Gasteiger charge is 2.37. The lowest BCUT2D eigenvalue weighted by Crippen LogP contribution is -2.51. The van der Waals surface area contributed by atoms with E-state index in [9.17, 15) is 17.6 Å². The van der Waals surface area contributed by atoms with Crippen LogP contribution in [0.3, 0.4) is 0 Å². The number of nitrogens with zero attached hydrogens (tertiary/aromatic N) is 4. The molecule has 1 atom stereocenters. The second-order valence-corrected chi connectivity index (χ2v) is 9.83. The second-order valence-electron chi connectivity index (χ2n) is 7.94. The molecule has 0 unspecified atom stereocenters. The van der Waals surface area contributed by atoms with Gasteiger partial charge in [-0.15, -0.1) is 5.10 Å². The minimum Gasteiger partial charge on any atom is -0.351 e. The quantitative estimate of drug-likeness (QED) is 0.586. The zero-order chi connectivity index (χ0) is 22.7. The van der Waals surface area contributed by atoms with Gasteiger partial charge in [0.2, 0.25) is 15.9 Å². The van der Waals surface area contributed by atoms with Gasteiger partial charge in [-0.1, -0.05) is 30.7 Å². The van der Waals surface area contributed by atoms with Gasteiger partial charge in [-0.2, -0.15) is 4.31 Å². The maximum absolute atomic E-state index is 13.4. The summed E-state index contributed by atoms with van der Waals surface area (Å²) in [6.45, 7) is 3.12. The predicted molar refractivity (Wildman–Crippen MR) is 118 cm³/mol. The Hall–Kier alpha value is -2.85. The van der Waals surface area contributed by atoms with Gasteiger partial charge >= 0.3 is 0 Å². The largest absolute Gasteiger partial charge is 0.351 e. The molecule has 1 aliphatic rings. The van der Waals surface area contributed by atoms with E-state index in [2.05, 4.69) is 15.6 Å². The van der Waals surface area contributed by atoms with Gasteiger partial charge in [0.05, 0.1) is 10.4 Å². The van der Waals surface area contributed by atoms with Crippen molar-refractivity contribution in [3.63, 3.8) is 0 Å². The van der Waals surface area contributed by atoms with Crippen LogP contribution < -0.4 is 5.32 Å². The molecule has 2 heterocycles. The van der Waals surface area contributed by atoms with E-state index in [-0.39, 0.29) is 29.7 Å². The number of amides is 1. The molecule has 170 valence electrons. The first kappa shape index (κ1) is 22.3. The average molecular weight is 460 g/mol. The summed E-state index contributed by atoms with van der Waals surface area (Å²) in [4.78, 5) is 13.0. The van der Waals surface area contributed by atoms with Crippen molar-refractivity contribution in [1.29, 1.82) is 0 Å². The van der Waals surface area contributed by atoms with Gasteiger partial charge < -0.3 is 5.32 Å². The summed E-state index contributed by atoms with van der Waals surface area (Å²) in [5.41, 5.74) is 1.89. The predicted octanol–water partition coefficient (Wildman–Crippen LogP) is 2.84. The number of hydrogen-bond acceptors (Lipinski definition) is 5. The summed E-state index contributed by atoms with van der Waals surface area (Å²) in [7, 11) is -3.90. The molecule has 10 heteroatoms. The van der Waals surface area contributed by atoms with Crippen molar-refractivity contribution in [2.24, 2.45) is 0 Å². The zero-order valence-electron chi connectivity index (χ0n) is 17.9. The molecule has 0 aliphatic carbocycles. The average Bonchev–Trinajstić information content (AvgIpc) is 3.20. The Labute approximate surface area is 186 Å². The van der Waals surface area contributed by atoms with Gasteiger partial charge in [-0.25, -0.2) is 17.5 Å². The molecule has 32 heavy (non-hydrogen) atoms. The minimum atomic E-state index is -3.90. The van der Waals surface area contributed by atoms with E-state index in [0.717, 1.165) is 18.4 Å². The van der Waals surface area contributed by atoms with Crippen molar-refractivity contribution in [1.82, 2.24) is 24.6 Å². The highest BCUT2D eigenvalue weighted by atomic mass is 32.2. The number of sulfonamides is 1. The van der Waals surface area contributed by atoms with Gasteiger partial charge in [0.15, 0.2) is 0 Å². The van der Waals surface area contributed by atoms with Crippen LogP contribution in [0.15, 0.2) is 47.4 Å². The fourth-order valence-corrected chi connectivity index (χ4v) is 5.71. The van der Waals surface area contributed by atoms with Gasteiger partial charge in [0, 0.05) is 19.6 Å². The summed E-state index contributed by atoms with van der Waals surface area (Å²) in [6.07, 6.45) is 2.76. The molecular weight excluding hydrogens is 433 g/mol. The third kappa shape index (κ3) is 4.51. The molecule has 0 spiro atoms. The monoisotopic (exact) mass is 459 g/mol. The number of piperidine rings is 1. The summed E-state index contributed by atoms with van der Waals surface area (Å²) >= 11 is 0. The van der Waals surface area contributed by atoms with Gasteiger partial charge in [0.25, 0.3) is 0 Å². The van der Waals surface area contributed by atoms with Crippen molar-refractivity contribution in [2.75, 3.05) is 6.54 Å². The van der Waals surface area contributed by atoms with E-state index in [1.54, 1.807) is 28.9 Å². The van der Waals surface area contributed by atoms with Crippen molar-refractivity contribution in [3.8, 4) is 0 Å². The Balaban J connectivity index is 1.55. The number of nitrogens with one attached hydrogen (secondary N) is 1. The molecule has 1 saturated heterocycles. The Morgan fingerprint density at radius 2 is 2.06 bits per heavy atom. The van der Waals surface area contributed by atoms with E-state index < -0.39 is 16.1 Å². The second kappa shape index (κ2) is 9.33. The van der Waals surface area contributed by atoms with Crippen LogP contribution in [0, 0.1) is 5.82 Å². The van der Waals surface area contributed by atoms with Crippen molar-refractivity contribution in [3.05, 3.63) is 53.8 Å². The molecule has 0 bridgehead atoms. The molecule has 1 aliphatic heterocycles. The fraction of sp³-hybridized carbons (Fsp3) is 0.409. The van der Waals surface area contributed by atoms with E-state index in [4.69, 9.17) is 0 Å². The molecule has 0 saturated carbocycles. The lowest BCUT2D eigenvalue weighted by molar-refractivity contribution is -0.125. The van der Waals surface area contributed by atoms with Gasteiger partial charge in [0.1, 0.15) is 17.4 Å². The van der Waals surface area contributed by atoms with Crippen LogP contribution in [0.5, 0.6) is 0 Å². The molecular formula is C22H26FN5O3S. The number of aromatic nitrogens is 3. The number of carbonyl (C=O) groups is 1. The Bertz CT molecular complexity index is 1230. The summed E-state index contributed by atoms with van der Waals surface area (Å²) < 4.78 is 43.3. The Kier molecular flexibility index (Phi) is 6.52. The highest BCUT2D eigenvalue weighted by Crippen LogP contribution is 2.27. The Morgan fingerprint density at radius 3 is 2.84 bits per heavy atom. The summed E-state index contributed by atoms with van der Waals surface area (Å²) in [5.74, 6) is -0.766. The first-order chi connectivity index (χ1) is 15.4. The number of hydrogen-bond donors (Lipinski definition) is 1. The molecule has 2 aromatic carbocycles. The van der Waals surface area contributed by atoms with E-state index in [1.807, 2.05) is 6.92 Å². The first-order valence-electron chi connectivity index (χ1n) is 10.8. The molecule has 4 rings (SSSR count). The SMILES string of the molecule is CCCn1nnc2cc(S(=O)(=O)N3CCCC[C@@H]3C(=O)NCc3cccc(F)c3)ccc21. The molecule has 1 fully saturated rings. The fourth-order valence-electron chi connectivity index (χ4n) is 4.03. The lowest BCUT2D eigenvalue weighted by atomic mass is 10.0. The number of fused-ring (bicyclic) bond motifs is 1. The zero-order valence-corrected chi connectivity index (χ0v) is 18.7. The highest BCUT2D eigenvalue weighted by molar-refractivity contribution is 7.89. The molecule has 1 aromatic heterocycles. The number of halogens is 1. The standard InChI is InChI=1S/C22H26FN5O3S/c1-2-11-27-20-10-9-18(14-19(20)25-26-27)32(30,31)28-12-4-3-8-21(28)22(29)24-15-16-6-5-7-17(23)13-16/h5-7,9-10,13-14,21H,2-4,8,11-12,15H2,1H3,(H,24,29)/t21-/m1/s1. The Morgan fingerprint density at radius 1 is 1.22 bits per heavy atom. The third-order valence-electron chi connectivity index (χ3n) is 5.64. The normalized spacial score (nSPS) is 17.5. The number of rotatable bonds is 7. The number of benzene rings is 2. The van der Waals surface area contributed by atoms with Crippen LogP contribution >= 0.6 is 0 Å². The summed E-state index contributed by atoms with van der Waals surface area (Å²) in [5, 5.41) is 11.0. The van der Waals surface area contributed by atoms with E-state index in [0.29, 0.717) is 30.5 Å². The van der Waals surface area contributed by atoms with Crippen molar-refractivity contribution in [2.45, 2.75) is 56.6 Å². The summed E-state index contributed by atoms with van der Waals surface area (Å²) in [6, 6.07) is 9.91. The van der Waals surface area contributed by atoms with Gasteiger partial charge in [-0.05, 0) is 55.2 Å². The molecule has 0 radical (unpaired) electrons. The van der Waals surface area contributed by atoms with Crippen molar-refractivity contribution >= 4 is 27.0 Å². The first-order valence-corrected chi connectivity index (χ1v) is 12.2. The van der Waals surface area contributed by atoms with Gasteiger partial charge in [-0.3, -0.25) is 4.79 Å². The molecule has 1 N–H and O–H groups in total. The smallest absolute Gasteiger partial charge is 0.243 e. The van der Waals surface area contributed by atoms with E-state index >= 15 is 0 Å².